The fraction of sp³-hybridized carbons (Fsp3) is 0.269. The van der Waals surface area contributed by atoms with Crippen molar-refractivity contribution in [2.75, 3.05) is 20.8 Å². The van der Waals surface area contributed by atoms with Crippen molar-refractivity contribution in [2.24, 2.45) is 0 Å². The summed E-state index contributed by atoms with van der Waals surface area (Å²) >= 11 is 0. The monoisotopic (exact) mass is 455 g/mol. The third-order valence-corrected chi connectivity index (χ3v) is 6.04. The summed E-state index contributed by atoms with van der Waals surface area (Å²) in [7, 11) is 3.04. The smallest absolute Gasteiger partial charge is 0.416 e. The van der Waals surface area contributed by atoms with Crippen molar-refractivity contribution >= 4 is 5.91 Å². The molecule has 3 aromatic carbocycles. The van der Waals surface area contributed by atoms with Crippen LogP contribution in [0.1, 0.15) is 44.2 Å². The zero-order valence-electron chi connectivity index (χ0n) is 18.6. The third kappa shape index (κ3) is 4.27. The van der Waals surface area contributed by atoms with Gasteiger partial charge in [0.15, 0.2) is 11.5 Å². The molecule has 33 heavy (non-hydrogen) atoms. The average Bonchev–Trinajstić information content (AvgIpc) is 2.81. The van der Waals surface area contributed by atoms with Gasteiger partial charge in [0.25, 0.3) is 5.91 Å². The first-order valence-corrected chi connectivity index (χ1v) is 10.5. The third-order valence-electron chi connectivity index (χ3n) is 6.04. The number of hydrogen-bond donors (Lipinski definition) is 0. The lowest BCUT2D eigenvalue weighted by molar-refractivity contribution is -0.137. The summed E-state index contributed by atoms with van der Waals surface area (Å²) in [6.45, 7) is 2.20. The highest BCUT2D eigenvalue weighted by Crippen LogP contribution is 2.42. The predicted octanol–water partition coefficient (Wildman–Crippen LogP) is 5.82. The molecule has 0 N–H and O–H groups in total. The largest absolute Gasteiger partial charge is 0.493 e. The van der Waals surface area contributed by atoms with Crippen LogP contribution in [0.15, 0.2) is 60.7 Å². The molecular formula is C26H24F3NO3. The van der Waals surface area contributed by atoms with E-state index in [9.17, 15) is 18.0 Å². The van der Waals surface area contributed by atoms with Crippen LogP contribution in [0.4, 0.5) is 13.2 Å². The first-order valence-electron chi connectivity index (χ1n) is 10.5. The number of hydrogen-bond acceptors (Lipinski definition) is 3. The molecule has 0 unspecified atom stereocenters. The van der Waals surface area contributed by atoms with Gasteiger partial charge < -0.3 is 14.4 Å². The Labute approximate surface area is 190 Å². The first-order chi connectivity index (χ1) is 15.7. The maximum Gasteiger partial charge on any atom is 0.416 e. The van der Waals surface area contributed by atoms with Gasteiger partial charge in [-0.2, -0.15) is 13.2 Å². The normalized spacial score (nSPS) is 15.7. The van der Waals surface area contributed by atoms with Gasteiger partial charge in [0.2, 0.25) is 0 Å². The minimum atomic E-state index is -4.49. The van der Waals surface area contributed by atoms with Gasteiger partial charge in [0.1, 0.15) is 0 Å². The lowest BCUT2D eigenvalue weighted by atomic mass is 9.86. The van der Waals surface area contributed by atoms with Crippen molar-refractivity contribution in [3.63, 3.8) is 0 Å². The maximum atomic E-state index is 13.6. The molecular weight excluding hydrogens is 431 g/mol. The molecule has 1 aliphatic rings. The van der Waals surface area contributed by atoms with Crippen LogP contribution in [0, 0.1) is 6.92 Å². The maximum absolute atomic E-state index is 13.6. The van der Waals surface area contributed by atoms with Crippen LogP contribution in [0.5, 0.6) is 11.5 Å². The zero-order valence-corrected chi connectivity index (χ0v) is 18.6. The number of rotatable bonds is 4. The second-order valence-corrected chi connectivity index (χ2v) is 8.00. The molecule has 4 nitrogen and oxygen atoms in total. The van der Waals surface area contributed by atoms with Gasteiger partial charge in [-0.15, -0.1) is 0 Å². The van der Waals surface area contributed by atoms with Crippen LogP contribution < -0.4 is 9.47 Å². The summed E-state index contributed by atoms with van der Waals surface area (Å²) in [5.41, 5.74) is 2.60. The Morgan fingerprint density at radius 2 is 1.67 bits per heavy atom. The minimum Gasteiger partial charge on any atom is -0.493 e. The van der Waals surface area contributed by atoms with Crippen molar-refractivity contribution in [1.82, 2.24) is 4.90 Å². The lowest BCUT2D eigenvalue weighted by Crippen LogP contribution is -2.41. The number of benzene rings is 3. The highest BCUT2D eigenvalue weighted by molar-refractivity contribution is 5.96. The SMILES string of the molecule is COc1cc2c(cc1OC)[C@H](c1cccc(C(F)(F)F)c1)N(C(=O)c1ccccc1C)CC2. The van der Waals surface area contributed by atoms with Crippen LogP contribution in [0.2, 0.25) is 0 Å². The van der Waals surface area contributed by atoms with Crippen LogP contribution >= 0.6 is 0 Å². The highest BCUT2D eigenvalue weighted by Gasteiger charge is 2.36. The van der Waals surface area contributed by atoms with Gasteiger partial charge >= 0.3 is 6.18 Å². The molecule has 0 aromatic heterocycles. The highest BCUT2D eigenvalue weighted by atomic mass is 19.4. The second kappa shape index (κ2) is 8.81. The number of nitrogens with zero attached hydrogens (tertiary/aromatic N) is 1. The molecule has 0 saturated heterocycles. The molecule has 0 spiro atoms. The van der Waals surface area contributed by atoms with Crippen molar-refractivity contribution in [3.8, 4) is 11.5 Å². The Balaban J connectivity index is 1.90. The van der Waals surface area contributed by atoms with Crippen LogP contribution in [0.25, 0.3) is 0 Å². The fourth-order valence-electron chi connectivity index (χ4n) is 4.38. The molecule has 0 bridgehead atoms. The Kier molecular flexibility index (Phi) is 6.06. The molecule has 1 atom stereocenters. The van der Waals surface area contributed by atoms with Crippen LogP contribution in [-0.4, -0.2) is 31.6 Å². The number of ether oxygens (including phenoxy) is 2. The molecule has 4 rings (SSSR count). The van der Waals surface area contributed by atoms with E-state index in [1.165, 1.54) is 20.3 Å². The van der Waals surface area contributed by atoms with E-state index in [0.29, 0.717) is 35.6 Å². The van der Waals surface area contributed by atoms with E-state index in [1.54, 1.807) is 29.2 Å². The molecule has 0 saturated carbocycles. The summed E-state index contributed by atoms with van der Waals surface area (Å²) in [6.07, 6.45) is -3.95. The molecule has 1 heterocycles. The lowest BCUT2D eigenvalue weighted by Gasteiger charge is -2.38. The Bertz CT molecular complexity index is 1190. The summed E-state index contributed by atoms with van der Waals surface area (Å²) in [4.78, 5) is 15.3. The number of methoxy groups -OCH3 is 2. The summed E-state index contributed by atoms with van der Waals surface area (Å²) in [5, 5.41) is 0. The van der Waals surface area contributed by atoms with Gasteiger partial charge in [-0.1, -0.05) is 30.3 Å². The number of halogens is 3. The van der Waals surface area contributed by atoms with Crippen molar-refractivity contribution in [3.05, 3.63) is 94.0 Å². The number of amides is 1. The second-order valence-electron chi connectivity index (χ2n) is 8.00. The average molecular weight is 455 g/mol. The van der Waals surface area contributed by atoms with Gasteiger partial charge in [-0.25, -0.2) is 0 Å². The minimum absolute atomic E-state index is 0.226. The van der Waals surface area contributed by atoms with E-state index >= 15 is 0 Å². The van der Waals surface area contributed by atoms with Gasteiger partial charge in [0.05, 0.1) is 25.8 Å². The Morgan fingerprint density at radius 3 is 2.33 bits per heavy atom. The number of carbonyl (C=O) groups is 1. The van der Waals surface area contributed by atoms with E-state index in [0.717, 1.165) is 28.8 Å². The molecule has 1 amide bonds. The summed E-state index contributed by atoms with van der Waals surface area (Å²) in [6, 6.07) is 15.3. The molecule has 7 heteroatoms. The number of aryl methyl sites for hydroxylation is 1. The molecule has 0 aliphatic carbocycles. The van der Waals surface area contributed by atoms with E-state index < -0.39 is 17.8 Å². The molecule has 0 radical (unpaired) electrons. The standard InChI is InChI=1S/C26H24F3NO3/c1-16-7-4-5-10-20(16)25(31)30-12-11-17-14-22(32-2)23(33-3)15-21(17)24(30)18-8-6-9-19(13-18)26(27,28)29/h4-10,13-15,24H,11-12H2,1-3H3/t24-/m0/s1. The van der Waals surface area contributed by atoms with Gasteiger partial charge in [-0.3, -0.25) is 4.79 Å². The molecule has 3 aromatic rings. The van der Waals surface area contributed by atoms with E-state index in [4.69, 9.17) is 9.47 Å². The Morgan fingerprint density at radius 1 is 0.970 bits per heavy atom. The van der Waals surface area contributed by atoms with Crippen molar-refractivity contribution in [2.45, 2.75) is 25.6 Å². The van der Waals surface area contributed by atoms with E-state index in [-0.39, 0.29) is 5.91 Å². The van der Waals surface area contributed by atoms with Crippen LogP contribution in [0.3, 0.4) is 0 Å². The van der Waals surface area contributed by atoms with E-state index in [2.05, 4.69) is 0 Å². The Hall–Kier alpha value is -3.48. The number of carbonyl (C=O) groups excluding carboxylic acids is 1. The molecule has 172 valence electrons. The summed E-state index contributed by atoms with van der Waals surface area (Å²) in [5.74, 6) is 0.770. The molecule has 0 fully saturated rings. The number of fused-ring (bicyclic) bond motifs is 1. The van der Waals surface area contributed by atoms with Crippen LogP contribution in [-0.2, 0) is 12.6 Å². The topological polar surface area (TPSA) is 38.8 Å². The van der Waals surface area contributed by atoms with Gasteiger partial charge in [0, 0.05) is 12.1 Å². The fourth-order valence-corrected chi connectivity index (χ4v) is 4.38. The quantitative estimate of drug-likeness (QED) is 0.498. The molecule has 1 aliphatic heterocycles. The zero-order chi connectivity index (χ0) is 23.8. The van der Waals surface area contributed by atoms with E-state index in [1.807, 2.05) is 25.1 Å². The van der Waals surface area contributed by atoms with Crippen molar-refractivity contribution < 1.29 is 27.4 Å². The summed E-state index contributed by atoms with van der Waals surface area (Å²) < 4.78 is 51.4. The van der Waals surface area contributed by atoms with Gasteiger partial charge in [-0.05, 0) is 65.9 Å². The number of alkyl halides is 3. The van der Waals surface area contributed by atoms with Crippen molar-refractivity contribution in [1.29, 1.82) is 0 Å². The first kappa shape index (κ1) is 22.7. The predicted molar refractivity (Wildman–Crippen MR) is 119 cm³/mol.